The van der Waals surface area contributed by atoms with Crippen LogP contribution < -0.4 is 10.1 Å². The number of nitrogens with zero attached hydrogens (tertiary/aromatic N) is 2. The summed E-state index contributed by atoms with van der Waals surface area (Å²) in [5.41, 5.74) is 0.621. The van der Waals surface area contributed by atoms with Gasteiger partial charge in [0.15, 0.2) is 5.72 Å². The Morgan fingerprint density at radius 1 is 1.28 bits per heavy atom. The Morgan fingerprint density at radius 3 is 2.90 bits per heavy atom. The summed E-state index contributed by atoms with van der Waals surface area (Å²) in [4.78, 5) is 41.5. The molecule has 0 radical (unpaired) electrons. The molecule has 3 aliphatic heterocycles. The van der Waals surface area contributed by atoms with Crippen LogP contribution in [0.5, 0.6) is 5.75 Å². The van der Waals surface area contributed by atoms with Gasteiger partial charge in [0.25, 0.3) is 5.91 Å². The lowest BCUT2D eigenvalue weighted by atomic mass is 9.99. The van der Waals surface area contributed by atoms with Crippen molar-refractivity contribution in [3.05, 3.63) is 29.3 Å². The summed E-state index contributed by atoms with van der Waals surface area (Å²) in [5, 5.41) is 2.98. The van der Waals surface area contributed by atoms with Gasteiger partial charge in [0, 0.05) is 38.9 Å². The van der Waals surface area contributed by atoms with Crippen LogP contribution >= 0.6 is 0 Å². The first-order chi connectivity index (χ1) is 13.8. The van der Waals surface area contributed by atoms with E-state index in [2.05, 4.69) is 12.2 Å². The normalized spacial score (nSPS) is 27.2. The van der Waals surface area contributed by atoms with Gasteiger partial charge in [0.05, 0.1) is 12.1 Å². The first-order valence-electron chi connectivity index (χ1n) is 10.5. The molecule has 1 aromatic carbocycles. The highest BCUT2D eigenvalue weighted by Gasteiger charge is 2.43. The molecule has 2 fully saturated rings. The second-order valence-corrected chi connectivity index (χ2v) is 8.70. The van der Waals surface area contributed by atoms with Crippen molar-refractivity contribution in [2.24, 2.45) is 5.92 Å². The van der Waals surface area contributed by atoms with Crippen molar-refractivity contribution in [1.82, 2.24) is 15.1 Å². The quantitative estimate of drug-likeness (QED) is 0.826. The molecule has 0 unspecified atom stereocenters. The fourth-order valence-electron chi connectivity index (χ4n) is 4.53. The average Bonchev–Trinajstić information content (AvgIpc) is 2.83. The van der Waals surface area contributed by atoms with Gasteiger partial charge in [-0.2, -0.15) is 0 Å². The van der Waals surface area contributed by atoms with Crippen molar-refractivity contribution < 1.29 is 19.1 Å². The Labute approximate surface area is 171 Å². The minimum Gasteiger partial charge on any atom is -0.467 e. The van der Waals surface area contributed by atoms with E-state index in [1.165, 1.54) is 0 Å². The van der Waals surface area contributed by atoms with E-state index in [1.54, 1.807) is 4.90 Å². The Balaban J connectivity index is 1.44. The maximum atomic E-state index is 12.7. The van der Waals surface area contributed by atoms with Gasteiger partial charge >= 0.3 is 0 Å². The van der Waals surface area contributed by atoms with Crippen LogP contribution in [0.3, 0.4) is 0 Å². The largest absolute Gasteiger partial charge is 0.467 e. The van der Waals surface area contributed by atoms with Gasteiger partial charge < -0.3 is 19.9 Å². The highest BCUT2D eigenvalue weighted by atomic mass is 16.5. The molecule has 0 aliphatic carbocycles. The van der Waals surface area contributed by atoms with Crippen LogP contribution in [0, 0.1) is 12.8 Å². The maximum Gasteiger partial charge on any atom is 0.258 e. The summed E-state index contributed by atoms with van der Waals surface area (Å²) in [5.74, 6) is 0.835. The third-order valence-corrected chi connectivity index (χ3v) is 6.24. The Morgan fingerprint density at radius 2 is 2.10 bits per heavy atom. The van der Waals surface area contributed by atoms with E-state index in [4.69, 9.17) is 4.74 Å². The molecule has 1 aromatic rings. The number of carbonyl (C=O) groups is 3. The lowest BCUT2D eigenvalue weighted by molar-refractivity contribution is -0.141. The number of piperidine rings is 1. The smallest absolute Gasteiger partial charge is 0.258 e. The zero-order valence-electron chi connectivity index (χ0n) is 17.2. The van der Waals surface area contributed by atoms with Crippen molar-refractivity contribution in [3.63, 3.8) is 0 Å². The molecule has 7 heteroatoms. The zero-order valence-corrected chi connectivity index (χ0v) is 17.2. The highest BCUT2D eigenvalue weighted by molar-refractivity contribution is 5.98. The minimum absolute atomic E-state index is 0.00951. The van der Waals surface area contributed by atoms with Gasteiger partial charge in [0.2, 0.25) is 11.8 Å². The number of benzene rings is 1. The van der Waals surface area contributed by atoms with Crippen LogP contribution in [-0.2, 0) is 9.59 Å². The molecule has 2 atom stereocenters. The van der Waals surface area contributed by atoms with Gasteiger partial charge in [-0.1, -0.05) is 18.6 Å². The number of rotatable bonds is 2. The van der Waals surface area contributed by atoms with Crippen LogP contribution in [0.2, 0.25) is 0 Å². The zero-order chi connectivity index (χ0) is 20.6. The molecule has 1 spiro atoms. The van der Waals surface area contributed by atoms with E-state index in [0.717, 1.165) is 31.5 Å². The molecular weight excluding hydrogens is 370 g/mol. The summed E-state index contributed by atoms with van der Waals surface area (Å²) in [6, 6.07) is 5.54. The molecule has 0 bridgehead atoms. The van der Waals surface area contributed by atoms with Gasteiger partial charge in [-0.05, 0) is 37.8 Å². The molecule has 4 rings (SSSR count). The number of amides is 3. The van der Waals surface area contributed by atoms with Crippen molar-refractivity contribution >= 4 is 17.7 Å². The lowest BCUT2D eigenvalue weighted by Gasteiger charge is -2.38. The highest BCUT2D eigenvalue weighted by Crippen LogP contribution is 2.34. The van der Waals surface area contributed by atoms with Crippen molar-refractivity contribution in [3.8, 4) is 5.75 Å². The molecule has 0 saturated carbocycles. The SMILES string of the molecule is Cc1ccc2c(c1)C(=O)N[C@@]1(CCC(=O)N(CC(=O)N3CCC[C@H](C)C3)CC1)O2. The standard InChI is InChI=1S/C22H29N3O4/c1-15-5-6-18-17(12-15)21(28)23-22(29-18)8-7-19(26)25(11-9-22)14-20(27)24-10-3-4-16(2)13-24/h5-6,12,16H,3-4,7-11,13-14H2,1-2H3,(H,23,28)/t16-,22-/m0/s1. The number of likely N-dealkylation sites (tertiary alicyclic amines) is 2. The summed E-state index contributed by atoms with van der Waals surface area (Å²) in [6.45, 7) is 6.11. The lowest BCUT2D eigenvalue weighted by Crippen LogP contribution is -2.56. The molecule has 3 heterocycles. The molecule has 29 heavy (non-hydrogen) atoms. The molecule has 0 aromatic heterocycles. The Bertz CT molecular complexity index is 839. The molecule has 1 N–H and O–H groups in total. The number of ether oxygens (including phenoxy) is 1. The summed E-state index contributed by atoms with van der Waals surface area (Å²) in [6.07, 6.45) is 3.26. The summed E-state index contributed by atoms with van der Waals surface area (Å²) < 4.78 is 6.19. The first-order valence-corrected chi connectivity index (χ1v) is 10.5. The summed E-state index contributed by atoms with van der Waals surface area (Å²) in [7, 11) is 0. The molecule has 7 nitrogen and oxygen atoms in total. The third kappa shape index (κ3) is 4.09. The second kappa shape index (κ2) is 7.69. The summed E-state index contributed by atoms with van der Waals surface area (Å²) >= 11 is 0. The number of carbonyl (C=O) groups excluding carboxylic acids is 3. The fourth-order valence-corrected chi connectivity index (χ4v) is 4.53. The van der Waals surface area contributed by atoms with Gasteiger partial charge in [-0.25, -0.2) is 0 Å². The monoisotopic (exact) mass is 399 g/mol. The Kier molecular flexibility index (Phi) is 5.23. The average molecular weight is 399 g/mol. The molecule has 3 aliphatic rings. The Hall–Kier alpha value is -2.57. The van der Waals surface area contributed by atoms with Crippen LogP contribution in [-0.4, -0.2) is 59.4 Å². The van der Waals surface area contributed by atoms with Crippen molar-refractivity contribution in [1.29, 1.82) is 0 Å². The predicted octanol–water partition coefficient (Wildman–Crippen LogP) is 2.08. The topological polar surface area (TPSA) is 79.0 Å². The number of hydrogen-bond acceptors (Lipinski definition) is 4. The van der Waals surface area contributed by atoms with Gasteiger partial charge in [-0.3, -0.25) is 14.4 Å². The van der Waals surface area contributed by atoms with Crippen molar-refractivity contribution in [2.75, 3.05) is 26.2 Å². The second-order valence-electron chi connectivity index (χ2n) is 8.70. The molecule has 156 valence electrons. The fraction of sp³-hybridized carbons (Fsp3) is 0.591. The van der Waals surface area contributed by atoms with E-state index in [1.807, 2.05) is 30.0 Å². The minimum atomic E-state index is -0.896. The van der Waals surface area contributed by atoms with E-state index in [-0.39, 0.29) is 30.7 Å². The maximum absolute atomic E-state index is 12.7. The van der Waals surface area contributed by atoms with Gasteiger partial charge in [0.1, 0.15) is 5.75 Å². The van der Waals surface area contributed by atoms with Crippen LogP contribution in [0.15, 0.2) is 18.2 Å². The third-order valence-electron chi connectivity index (χ3n) is 6.24. The first kappa shape index (κ1) is 19.7. The predicted molar refractivity (Wildman–Crippen MR) is 107 cm³/mol. The van der Waals surface area contributed by atoms with E-state index in [0.29, 0.717) is 36.6 Å². The van der Waals surface area contributed by atoms with Crippen LogP contribution in [0.1, 0.15) is 54.9 Å². The number of fused-ring (bicyclic) bond motifs is 1. The molecule has 2 saturated heterocycles. The number of hydrogen-bond donors (Lipinski definition) is 1. The van der Waals surface area contributed by atoms with Crippen LogP contribution in [0.25, 0.3) is 0 Å². The van der Waals surface area contributed by atoms with E-state index >= 15 is 0 Å². The number of aryl methyl sites for hydroxylation is 1. The van der Waals surface area contributed by atoms with Gasteiger partial charge in [-0.15, -0.1) is 0 Å². The molecule has 3 amide bonds. The number of nitrogens with one attached hydrogen (secondary N) is 1. The van der Waals surface area contributed by atoms with Crippen molar-refractivity contribution in [2.45, 2.75) is 51.7 Å². The molecular formula is C22H29N3O4. The van der Waals surface area contributed by atoms with E-state index < -0.39 is 5.72 Å². The van der Waals surface area contributed by atoms with Crippen LogP contribution in [0.4, 0.5) is 0 Å². The van der Waals surface area contributed by atoms with E-state index in [9.17, 15) is 14.4 Å².